The van der Waals surface area contributed by atoms with Crippen molar-refractivity contribution in [2.24, 2.45) is 5.92 Å². The van der Waals surface area contributed by atoms with E-state index in [9.17, 15) is 8.42 Å². The number of hydrogen-bond acceptors (Lipinski definition) is 6. The van der Waals surface area contributed by atoms with Crippen LogP contribution in [0.5, 0.6) is 0 Å². The fourth-order valence-electron chi connectivity index (χ4n) is 3.56. The van der Waals surface area contributed by atoms with E-state index < -0.39 is 10.0 Å². The minimum atomic E-state index is -3.31. The Morgan fingerprint density at radius 2 is 2.20 bits per heavy atom. The molecule has 25 heavy (non-hydrogen) atoms. The van der Waals surface area contributed by atoms with Gasteiger partial charge in [0.1, 0.15) is 17.8 Å². The second kappa shape index (κ2) is 5.97. The third kappa shape index (κ3) is 2.96. The number of nitriles is 1. The smallest absolute Gasteiger partial charge is 0.215 e. The number of nitrogens with one attached hydrogen (secondary N) is 2. The quantitative estimate of drug-likeness (QED) is 0.798. The molecule has 2 fully saturated rings. The lowest BCUT2D eigenvalue weighted by Gasteiger charge is -2.42. The maximum absolute atomic E-state index is 12.3. The Kier molecular flexibility index (Phi) is 3.89. The summed E-state index contributed by atoms with van der Waals surface area (Å²) in [5, 5.41) is 9.26. The van der Waals surface area contributed by atoms with Crippen LogP contribution in [0.4, 0.5) is 5.82 Å². The van der Waals surface area contributed by atoms with Gasteiger partial charge in [0, 0.05) is 31.7 Å². The minimum Gasteiger partial charge on any atom is -0.356 e. The Morgan fingerprint density at radius 1 is 1.40 bits per heavy atom. The number of hydrogen-bond donors (Lipinski definition) is 2. The van der Waals surface area contributed by atoms with E-state index in [4.69, 9.17) is 5.26 Å². The summed E-state index contributed by atoms with van der Waals surface area (Å²) in [6, 6.07) is 4.21. The molecule has 0 aliphatic heterocycles. The Morgan fingerprint density at radius 3 is 2.96 bits per heavy atom. The van der Waals surface area contributed by atoms with Crippen molar-refractivity contribution < 1.29 is 8.42 Å². The molecular weight excluding hydrogens is 340 g/mol. The molecule has 0 amide bonds. The number of anilines is 1. The molecule has 2 aliphatic carbocycles. The standard InChI is InChI=1S/C16H20N6O2S/c1-22(16-13-3-5-18-15(13)19-9-20-16)12-7-11(8-12)21-25(23,24)14-6-10(14)2-4-17/h3,5,9-12,14,21H,2,6-8H2,1H3,(H,18,19,20)/t10-,11-,12+,14-/m1/s1. The first kappa shape index (κ1) is 16.3. The summed E-state index contributed by atoms with van der Waals surface area (Å²) in [6.45, 7) is 0. The lowest BCUT2D eigenvalue weighted by Crippen LogP contribution is -2.53. The molecule has 4 rings (SSSR count). The van der Waals surface area contributed by atoms with Crippen LogP contribution >= 0.6 is 0 Å². The molecule has 2 saturated carbocycles. The minimum absolute atomic E-state index is 0.00365. The normalized spacial score (nSPS) is 28.3. The molecule has 2 aromatic rings. The van der Waals surface area contributed by atoms with Gasteiger partial charge < -0.3 is 9.88 Å². The van der Waals surface area contributed by atoms with E-state index in [0.29, 0.717) is 12.8 Å². The van der Waals surface area contributed by atoms with Crippen LogP contribution in [0.25, 0.3) is 11.0 Å². The zero-order valence-corrected chi connectivity index (χ0v) is 14.7. The Balaban J connectivity index is 1.36. The molecule has 0 radical (unpaired) electrons. The molecule has 9 heteroatoms. The van der Waals surface area contributed by atoms with Gasteiger partial charge in [0.2, 0.25) is 10.0 Å². The average Bonchev–Trinajstić information content (AvgIpc) is 3.17. The first-order valence-electron chi connectivity index (χ1n) is 8.38. The van der Waals surface area contributed by atoms with E-state index >= 15 is 0 Å². The highest BCUT2D eigenvalue weighted by molar-refractivity contribution is 7.90. The van der Waals surface area contributed by atoms with Crippen LogP contribution in [0.1, 0.15) is 25.7 Å². The highest BCUT2D eigenvalue weighted by Crippen LogP contribution is 2.40. The number of aromatic nitrogens is 3. The monoisotopic (exact) mass is 360 g/mol. The third-order valence-electron chi connectivity index (χ3n) is 5.27. The van der Waals surface area contributed by atoms with Gasteiger partial charge in [0.25, 0.3) is 0 Å². The summed E-state index contributed by atoms with van der Waals surface area (Å²) in [5.74, 6) is 0.859. The van der Waals surface area contributed by atoms with Crippen LogP contribution in [0.15, 0.2) is 18.6 Å². The van der Waals surface area contributed by atoms with E-state index in [1.807, 2.05) is 19.3 Å². The lowest BCUT2D eigenvalue weighted by molar-refractivity contribution is 0.316. The Hall–Kier alpha value is -2.18. The molecule has 8 nitrogen and oxygen atoms in total. The third-order valence-corrected chi connectivity index (χ3v) is 7.30. The van der Waals surface area contributed by atoms with Gasteiger partial charge in [-0.25, -0.2) is 23.1 Å². The fourth-order valence-corrected chi connectivity index (χ4v) is 5.50. The second-order valence-electron chi connectivity index (χ2n) is 6.93. The average molecular weight is 360 g/mol. The lowest BCUT2D eigenvalue weighted by atomic mass is 9.86. The topological polar surface area (TPSA) is 115 Å². The van der Waals surface area contributed by atoms with E-state index in [2.05, 4.69) is 30.6 Å². The highest BCUT2D eigenvalue weighted by Gasteiger charge is 2.48. The van der Waals surface area contributed by atoms with Crippen LogP contribution in [-0.4, -0.2) is 47.8 Å². The molecule has 132 valence electrons. The number of sulfonamides is 1. The van der Waals surface area contributed by atoms with Gasteiger partial charge >= 0.3 is 0 Å². The van der Waals surface area contributed by atoms with Crippen molar-refractivity contribution in [2.75, 3.05) is 11.9 Å². The predicted molar refractivity (Wildman–Crippen MR) is 93.3 cm³/mol. The van der Waals surface area contributed by atoms with E-state index in [1.54, 1.807) is 0 Å². The zero-order chi connectivity index (χ0) is 17.6. The molecule has 0 bridgehead atoms. The molecule has 2 aromatic heterocycles. The van der Waals surface area contributed by atoms with Crippen LogP contribution in [-0.2, 0) is 10.0 Å². The molecule has 2 atom stereocenters. The van der Waals surface area contributed by atoms with Crippen molar-refractivity contribution in [1.82, 2.24) is 19.7 Å². The van der Waals surface area contributed by atoms with E-state index in [1.165, 1.54) is 6.33 Å². The van der Waals surface area contributed by atoms with Crippen LogP contribution in [0.3, 0.4) is 0 Å². The van der Waals surface area contributed by atoms with Crippen molar-refractivity contribution >= 4 is 26.9 Å². The number of aromatic amines is 1. The van der Waals surface area contributed by atoms with Gasteiger partial charge in [-0.2, -0.15) is 5.26 Å². The number of nitrogens with zero attached hydrogens (tertiary/aromatic N) is 4. The summed E-state index contributed by atoms with van der Waals surface area (Å²) >= 11 is 0. The molecule has 2 aliphatic rings. The molecule has 0 aromatic carbocycles. The van der Waals surface area contributed by atoms with Gasteiger partial charge in [-0.15, -0.1) is 0 Å². The Labute approximate surface area is 146 Å². The first-order valence-corrected chi connectivity index (χ1v) is 9.93. The Bertz CT molecular complexity index is 927. The molecular formula is C16H20N6O2S. The molecule has 0 unspecified atom stereocenters. The summed E-state index contributed by atoms with van der Waals surface area (Å²) < 4.78 is 27.4. The fraction of sp³-hybridized carbons (Fsp3) is 0.562. The summed E-state index contributed by atoms with van der Waals surface area (Å²) in [4.78, 5) is 13.7. The largest absolute Gasteiger partial charge is 0.356 e. The van der Waals surface area contributed by atoms with E-state index in [0.717, 1.165) is 29.7 Å². The number of H-pyrrole nitrogens is 1. The molecule has 0 spiro atoms. The maximum atomic E-state index is 12.3. The second-order valence-corrected chi connectivity index (χ2v) is 8.86. The van der Waals surface area contributed by atoms with Crippen molar-refractivity contribution in [3.05, 3.63) is 18.6 Å². The van der Waals surface area contributed by atoms with E-state index in [-0.39, 0.29) is 23.3 Å². The maximum Gasteiger partial charge on any atom is 0.215 e. The molecule has 2 N–H and O–H groups in total. The van der Waals surface area contributed by atoms with Crippen LogP contribution in [0.2, 0.25) is 0 Å². The van der Waals surface area contributed by atoms with Crippen molar-refractivity contribution in [3.8, 4) is 6.07 Å². The van der Waals surface area contributed by atoms with Crippen molar-refractivity contribution in [1.29, 1.82) is 5.26 Å². The predicted octanol–water partition coefficient (Wildman–Crippen LogP) is 1.15. The summed E-state index contributed by atoms with van der Waals surface area (Å²) in [5.41, 5.74) is 0.797. The van der Waals surface area contributed by atoms with Crippen molar-refractivity contribution in [3.63, 3.8) is 0 Å². The summed E-state index contributed by atoms with van der Waals surface area (Å²) in [6.07, 6.45) is 5.80. The van der Waals surface area contributed by atoms with Crippen molar-refractivity contribution in [2.45, 2.75) is 43.0 Å². The van der Waals surface area contributed by atoms with Gasteiger partial charge in [-0.3, -0.25) is 0 Å². The SMILES string of the molecule is CN(c1ncnc2[nH]ccc12)[C@H]1C[C@@H](NS(=O)(=O)[C@@H]2C[C@H]2CC#N)C1. The summed E-state index contributed by atoms with van der Waals surface area (Å²) in [7, 11) is -1.33. The van der Waals surface area contributed by atoms with Crippen LogP contribution < -0.4 is 9.62 Å². The molecule has 0 saturated heterocycles. The first-order chi connectivity index (χ1) is 12.0. The van der Waals surface area contributed by atoms with Crippen LogP contribution in [0, 0.1) is 17.2 Å². The highest BCUT2D eigenvalue weighted by atomic mass is 32.2. The molecule has 2 heterocycles. The van der Waals surface area contributed by atoms with Gasteiger partial charge in [0.15, 0.2) is 0 Å². The number of fused-ring (bicyclic) bond motifs is 1. The number of rotatable bonds is 6. The van der Waals surface area contributed by atoms with Gasteiger partial charge in [-0.1, -0.05) is 0 Å². The zero-order valence-electron chi connectivity index (χ0n) is 13.9. The van der Waals surface area contributed by atoms with Gasteiger partial charge in [0.05, 0.1) is 16.7 Å². The van der Waals surface area contributed by atoms with Gasteiger partial charge in [-0.05, 0) is 31.2 Å².